The predicted octanol–water partition coefficient (Wildman–Crippen LogP) is 6.38. The van der Waals surface area contributed by atoms with E-state index in [1.54, 1.807) is 6.20 Å². The molecule has 2 heterocycles. The number of ether oxygens (including phenoxy) is 1. The number of esters is 1. The van der Waals surface area contributed by atoms with Crippen molar-refractivity contribution in [3.8, 4) is 0 Å². The lowest BCUT2D eigenvalue weighted by molar-refractivity contribution is 0.0587. The van der Waals surface area contributed by atoms with Crippen molar-refractivity contribution in [3.63, 3.8) is 0 Å². The average molecular weight is 444 g/mol. The third-order valence-electron chi connectivity index (χ3n) is 4.52. The molecule has 0 unspecified atom stereocenters. The van der Waals surface area contributed by atoms with Crippen molar-refractivity contribution in [3.05, 3.63) is 76.6 Å². The van der Waals surface area contributed by atoms with Gasteiger partial charge in [0.15, 0.2) is 0 Å². The Morgan fingerprint density at radius 1 is 1.39 bits per heavy atom. The second-order valence-corrected chi connectivity index (χ2v) is 8.06. The van der Waals surface area contributed by atoms with Gasteiger partial charge in [-0.1, -0.05) is 45.0 Å². The van der Waals surface area contributed by atoms with E-state index in [0.717, 1.165) is 41.2 Å². The predicted molar refractivity (Wildman–Crippen MR) is 129 cm³/mol. The Morgan fingerprint density at radius 2 is 2.06 bits per heavy atom. The number of nitrogens with zero attached hydrogens (tertiary/aromatic N) is 3. The zero-order chi connectivity index (χ0) is 23.6. The fourth-order valence-electron chi connectivity index (χ4n) is 2.92. The molecule has 0 spiro atoms. The lowest BCUT2D eigenvalue weighted by Gasteiger charge is -2.10. The quantitative estimate of drug-likeness (QED) is 0.368. The maximum absolute atomic E-state index is 12.0. The molecule has 0 saturated carbocycles. The fraction of sp³-hybridized carbons (Fsp3) is 0.400. The van der Waals surface area contributed by atoms with Crippen LogP contribution in [0.2, 0.25) is 0 Å². The molecule has 2 rings (SSSR count). The van der Waals surface area contributed by atoms with Crippen molar-refractivity contribution >= 4 is 23.1 Å². The number of carbonyl (C=O) groups excluding carboxylic acids is 1. The van der Waals surface area contributed by atoms with Gasteiger partial charge in [-0.25, -0.2) is 14.8 Å². The molecule has 0 amide bonds. The van der Waals surface area contributed by atoms with E-state index in [9.17, 15) is 4.79 Å². The molecular weight excluding hydrogens is 410 g/mol. The Bertz CT molecular complexity index is 955. The second-order valence-electron chi connectivity index (χ2n) is 7.58. The summed E-state index contributed by atoms with van der Waals surface area (Å²) >= 11 is 5.95. The molecule has 0 bridgehead atoms. The van der Waals surface area contributed by atoms with E-state index in [1.165, 1.54) is 7.11 Å². The molecule has 5 nitrogen and oxygen atoms in total. The Morgan fingerprint density at radius 3 is 2.52 bits per heavy atom. The molecule has 0 fully saturated rings. The van der Waals surface area contributed by atoms with Gasteiger partial charge in [0.1, 0.15) is 11.5 Å². The molecule has 0 aliphatic rings. The number of aryl methyl sites for hydroxylation is 2. The molecule has 0 aromatic carbocycles. The van der Waals surface area contributed by atoms with Crippen LogP contribution in [0, 0.1) is 12.8 Å². The molecule has 0 atom stereocenters. The largest absolute Gasteiger partial charge is 0.464 e. The van der Waals surface area contributed by atoms with E-state index in [1.807, 2.05) is 55.8 Å². The summed E-state index contributed by atoms with van der Waals surface area (Å²) in [6, 6.07) is 3.78. The summed E-state index contributed by atoms with van der Waals surface area (Å²) in [6.45, 7) is 16.6. The number of hydrogen-bond acceptors (Lipinski definition) is 4. The van der Waals surface area contributed by atoms with E-state index in [2.05, 4.69) is 37.3 Å². The molecule has 6 heteroatoms. The minimum atomic E-state index is -0.339. The zero-order valence-electron chi connectivity index (χ0n) is 19.7. The Hall–Kier alpha value is -2.66. The highest BCUT2D eigenvalue weighted by Gasteiger charge is 2.17. The standard InChI is InChI=1S/C18H24ClNO2.C7H10N2/c1-7-13(4)16(8-14(5)19)15-9-17(18(21)22-6)20(11-15)10-12(2)3;1-3-7-4-5-8-6(2)9-7/h7-9,11-12H,5,10H2,1-4,6H3;4-5H,3H2,1-2H3/b13-7-,16-8+;. The molecule has 168 valence electrons. The number of aromatic nitrogens is 3. The number of hydrogen-bond donors (Lipinski definition) is 0. The van der Waals surface area contributed by atoms with Gasteiger partial charge >= 0.3 is 5.97 Å². The highest BCUT2D eigenvalue weighted by molar-refractivity contribution is 6.31. The van der Waals surface area contributed by atoms with Crippen molar-refractivity contribution in [2.75, 3.05) is 7.11 Å². The van der Waals surface area contributed by atoms with Crippen LogP contribution in [0.3, 0.4) is 0 Å². The number of halogens is 1. The smallest absolute Gasteiger partial charge is 0.354 e. The summed E-state index contributed by atoms with van der Waals surface area (Å²) in [7, 11) is 1.39. The van der Waals surface area contributed by atoms with Crippen molar-refractivity contribution in [1.29, 1.82) is 0 Å². The lowest BCUT2D eigenvalue weighted by Crippen LogP contribution is -2.12. The molecule has 0 saturated heterocycles. The molecule has 0 radical (unpaired) electrons. The van der Waals surface area contributed by atoms with Crippen molar-refractivity contribution in [1.82, 2.24) is 14.5 Å². The molecular formula is C25H34ClN3O2. The molecule has 2 aromatic rings. The van der Waals surface area contributed by atoms with E-state index in [4.69, 9.17) is 16.3 Å². The van der Waals surface area contributed by atoms with Gasteiger partial charge in [0.25, 0.3) is 0 Å². The van der Waals surface area contributed by atoms with E-state index >= 15 is 0 Å². The van der Waals surface area contributed by atoms with E-state index in [0.29, 0.717) is 16.6 Å². The van der Waals surface area contributed by atoms with Crippen LogP contribution in [-0.2, 0) is 17.7 Å². The minimum Gasteiger partial charge on any atom is -0.464 e. The van der Waals surface area contributed by atoms with Gasteiger partial charge in [-0.3, -0.25) is 0 Å². The highest BCUT2D eigenvalue weighted by atomic mass is 35.5. The average Bonchev–Trinajstić information content (AvgIpc) is 3.13. The van der Waals surface area contributed by atoms with Gasteiger partial charge in [-0.05, 0) is 62.5 Å². The van der Waals surface area contributed by atoms with Crippen molar-refractivity contribution < 1.29 is 9.53 Å². The van der Waals surface area contributed by atoms with Crippen LogP contribution in [0.25, 0.3) is 5.57 Å². The SMILES string of the molecule is C=C(Cl)/C=C(\C(C)=C/C)c1cc(C(=O)OC)n(CC(C)C)c1.CCc1ccnc(C)n1. The number of rotatable bonds is 7. The Kier molecular flexibility index (Phi) is 11.0. The zero-order valence-corrected chi connectivity index (χ0v) is 20.5. The normalized spacial score (nSPS) is 11.8. The first-order valence-corrected chi connectivity index (χ1v) is 10.8. The monoisotopic (exact) mass is 443 g/mol. The molecule has 31 heavy (non-hydrogen) atoms. The van der Waals surface area contributed by atoms with Crippen molar-refractivity contribution in [2.45, 2.75) is 54.5 Å². The summed E-state index contributed by atoms with van der Waals surface area (Å²) < 4.78 is 6.81. The highest BCUT2D eigenvalue weighted by Crippen LogP contribution is 2.27. The molecule has 2 aromatic heterocycles. The second kappa shape index (κ2) is 12.9. The van der Waals surface area contributed by atoms with Crippen LogP contribution in [0.5, 0.6) is 0 Å². The maximum atomic E-state index is 12.0. The summed E-state index contributed by atoms with van der Waals surface area (Å²) in [5.74, 6) is 0.935. The van der Waals surface area contributed by atoms with Crippen LogP contribution in [0.15, 0.2) is 53.9 Å². The van der Waals surface area contributed by atoms with Gasteiger partial charge < -0.3 is 9.30 Å². The van der Waals surface area contributed by atoms with Crippen LogP contribution >= 0.6 is 11.6 Å². The van der Waals surface area contributed by atoms with Crippen LogP contribution in [0.4, 0.5) is 0 Å². The summed E-state index contributed by atoms with van der Waals surface area (Å²) in [4.78, 5) is 20.1. The first kappa shape index (κ1) is 26.4. The minimum absolute atomic E-state index is 0.339. The van der Waals surface area contributed by atoms with Crippen molar-refractivity contribution in [2.24, 2.45) is 5.92 Å². The van der Waals surface area contributed by atoms with E-state index in [-0.39, 0.29) is 5.97 Å². The van der Waals surface area contributed by atoms with Gasteiger partial charge in [0.2, 0.25) is 0 Å². The summed E-state index contributed by atoms with van der Waals surface area (Å²) in [5, 5.41) is 0.451. The van der Waals surface area contributed by atoms with E-state index < -0.39 is 0 Å². The fourth-order valence-corrected chi connectivity index (χ4v) is 3.03. The van der Waals surface area contributed by atoms with Crippen LogP contribution in [-0.4, -0.2) is 27.6 Å². The third-order valence-corrected chi connectivity index (χ3v) is 4.63. The van der Waals surface area contributed by atoms with Gasteiger partial charge in [-0.2, -0.15) is 0 Å². The number of methoxy groups -OCH3 is 1. The Labute approximate surface area is 191 Å². The molecule has 0 aliphatic carbocycles. The van der Waals surface area contributed by atoms with Crippen LogP contribution < -0.4 is 0 Å². The molecule has 0 aliphatic heterocycles. The number of allylic oxidation sites excluding steroid dienone is 5. The maximum Gasteiger partial charge on any atom is 0.354 e. The first-order chi connectivity index (χ1) is 14.6. The summed E-state index contributed by atoms with van der Waals surface area (Å²) in [6.07, 6.45) is 8.56. The summed E-state index contributed by atoms with van der Waals surface area (Å²) in [5.41, 5.74) is 4.61. The first-order valence-electron chi connectivity index (χ1n) is 10.4. The third kappa shape index (κ3) is 8.54. The Balaban J connectivity index is 0.000000442. The lowest BCUT2D eigenvalue weighted by atomic mass is 10.0. The topological polar surface area (TPSA) is 57.0 Å². The van der Waals surface area contributed by atoms with Gasteiger partial charge in [0.05, 0.1) is 7.11 Å². The van der Waals surface area contributed by atoms with Gasteiger partial charge in [0, 0.05) is 35.2 Å². The molecule has 0 N–H and O–H groups in total. The van der Waals surface area contributed by atoms with Gasteiger partial charge in [-0.15, -0.1) is 0 Å². The van der Waals surface area contributed by atoms with Crippen LogP contribution in [0.1, 0.15) is 62.2 Å². The number of carbonyl (C=O) groups is 1.